The molecule has 0 aromatic carbocycles. The van der Waals surface area contributed by atoms with Crippen molar-refractivity contribution in [3.63, 3.8) is 0 Å². The minimum Gasteiger partial charge on any atom is -0.330 e. The first-order chi connectivity index (χ1) is 8.60. The van der Waals surface area contributed by atoms with Crippen LogP contribution in [0.2, 0.25) is 0 Å². The summed E-state index contributed by atoms with van der Waals surface area (Å²) in [6, 6.07) is 0. The van der Waals surface area contributed by atoms with E-state index >= 15 is 0 Å². The van der Waals surface area contributed by atoms with E-state index in [4.69, 9.17) is 5.73 Å². The third kappa shape index (κ3) is 3.09. The van der Waals surface area contributed by atoms with E-state index in [-0.39, 0.29) is 11.8 Å². The van der Waals surface area contributed by atoms with E-state index in [9.17, 15) is 4.79 Å². The van der Waals surface area contributed by atoms with Gasteiger partial charge in [0.1, 0.15) is 0 Å². The second kappa shape index (κ2) is 5.80. The molecular weight excluding hydrogens is 246 g/mol. The molecule has 0 atom stereocenters. The topological polar surface area (TPSA) is 68.0 Å². The van der Waals surface area contributed by atoms with Crippen molar-refractivity contribution in [3.05, 3.63) is 10.6 Å². The first kappa shape index (κ1) is 13.5. The van der Waals surface area contributed by atoms with E-state index < -0.39 is 0 Å². The number of hydrogen-bond donors (Lipinski definition) is 2. The fraction of sp³-hybridized carbons (Fsp3) is 0.692. The normalized spacial score (nSPS) is 23.9. The summed E-state index contributed by atoms with van der Waals surface area (Å²) in [5.74, 6) is 0.870. The highest BCUT2D eigenvalue weighted by atomic mass is 32.1. The van der Waals surface area contributed by atoms with Crippen molar-refractivity contribution in [2.45, 2.75) is 39.5 Å². The molecule has 1 heterocycles. The Bertz CT molecular complexity index is 402. The molecule has 3 N–H and O–H groups in total. The minimum absolute atomic E-state index is 0.124. The Labute approximate surface area is 112 Å². The van der Waals surface area contributed by atoms with Crippen molar-refractivity contribution >= 4 is 22.4 Å². The maximum absolute atomic E-state index is 12.1. The van der Waals surface area contributed by atoms with Crippen LogP contribution in [-0.4, -0.2) is 17.4 Å². The molecular formula is C13H21N3OS. The molecule has 1 aliphatic rings. The first-order valence-electron chi connectivity index (χ1n) is 6.55. The zero-order valence-corrected chi connectivity index (χ0v) is 11.8. The van der Waals surface area contributed by atoms with Crippen LogP contribution in [-0.2, 0) is 4.79 Å². The summed E-state index contributed by atoms with van der Waals surface area (Å²) in [5.41, 5.74) is 6.66. The lowest BCUT2D eigenvalue weighted by atomic mass is 9.82. The van der Waals surface area contributed by atoms with Gasteiger partial charge in [-0.1, -0.05) is 0 Å². The molecule has 1 fully saturated rings. The molecule has 0 radical (unpaired) electrons. The van der Waals surface area contributed by atoms with Crippen LogP contribution in [0.25, 0.3) is 0 Å². The summed E-state index contributed by atoms with van der Waals surface area (Å²) in [7, 11) is 0. The number of aromatic nitrogens is 1. The summed E-state index contributed by atoms with van der Waals surface area (Å²) in [5, 5.41) is 3.68. The smallest absolute Gasteiger partial charge is 0.229 e. The van der Waals surface area contributed by atoms with Crippen LogP contribution in [0.4, 0.5) is 5.13 Å². The predicted molar refractivity (Wildman–Crippen MR) is 74.7 cm³/mol. The van der Waals surface area contributed by atoms with Crippen molar-refractivity contribution in [3.8, 4) is 0 Å². The van der Waals surface area contributed by atoms with Crippen LogP contribution in [0.15, 0.2) is 0 Å². The molecule has 1 aromatic heterocycles. The van der Waals surface area contributed by atoms with Gasteiger partial charge in [-0.15, -0.1) is 11.3 Å². The standard InChI is InChI=1S/C13H21N3OS/c1-8-9(2)18-13(15-8)16-12(17)11-5-3-10(7-14)4-6-11/h10-11H,3-7,14H2,1-2H3,(H,15,16,17). The second-order valence-corrected chi connectivity index (χ2v) is 6.31. The highest BCUT2D eigenvalue weighted by molar-refractivity contribution is 7.15. The predicted octanol–water partition coefficient (Wildman–Crippen LogP) is 2.46. The van der Waals surface area contributed by atoms with Gasteiger partial charge in [-0.3, -0.25) is 4.79 Å². The molecule has 0 saturated heterocycles. The molecule has 4 nitrogen and oxygen atoms in total. The van der Waals surface area contributed by atoms with Gasteiger partial charge in [0.05, 0.1) is 5.69 Å². The van der Waals surface area contributed by atoms with Crippen LogP contribution in [0.1, 0.15) is 36.3 Å². The summed E-state index contributed by atoms with van der Waals surface area (Å²) >= 11 is 1.55. The number of carbonyl (C=O) groups excluding carboxylic acids is 1. The van der Waals surface area contributed by atoms with E-state index in [2.05, 4.69) is 10.3 Å². The van der Waals surface area contributed by atoms with Crippen molar-refractivity contribution in [2.75, 3.05) is 11.9 Å². The highest BCUT2D eigenvalue weighted by Crippen LogP contribution is 2.29. The number of rotatable bonds is 3. The molecule has 0 bridgehead atoms. The number of carbonyl (C=O) groups is 1. The Morgan fingerprint density at radius 2 is 2.06 bits per heavy atom. The SMILES string of the molecule is Cc1nc(NC(=O)C2CCC(CN)CC2)sc1C. The summed E-state index contributed by atoms with van der Waals surface area (Å²) in [6.07, 6.45) is 4.06. The Hall–Kier alpha value is -0.940. The third-order valence-corrected chi connectivity index (χ3v) is 4.80. The van der Waals surface area contributed by atoms with Crippen LogP contribution in [0.5, 0.6) is 0 Å². The fourth-order valence-electron chi connectivity index (χ4n) is 2.39. The number of nitrogens with zero attached hydrogens (tertiary/aromatic N) is 1. The molecule has 2 rings (SSSR count). The molecule has 18 heavy (non-hydrogen) atoms. The van der Waals surface area contributed by atoms with Gasteiger partial charge in [0.25, 0.3) is 0 Å². The van der Waals surface area contributed by atoms with Crippen molar-refractivity contribution in [1.82, 2.24) is 4.98 Å². The van der Waals surface area contributed by atoms with Crippen LogP contribution < -0.4 is 11.1 Å². The Morgan fingerprint density at radius 1 is 1.39 bits per heavy atom. The number of thiazole rings is 1. The average Bonchev–Trinajstić information content (AvgIpc) is 2.68. The zero-order chi connectivity index (χ0) is 13.1. The van der Waals surface area contributed by atoms with E-state index in [1.165, 1.54) is 0 Å². The summed E-state index contributed by atoms with van der Waals surface area (Å²) in [4.78, 5) is 17.6. The van der Waals surface area contributed by atoms with Gasteiger partial charge in [-0.05, 0) is 52.0 Å². The van der Waals surface area contributed by atoms with Crippen molar-refractivity contribution < 1.29 is 4.79 Å². The zero-order valence-electron chi connectivity index (χ0n) is 11.0. The summed E-state index contributed by atoms with van der Waals surface area (Å²) in [6.45, 7) is 4.74. The second-order valence-electron chi connectivity index (χ2n) is 5.10. The number of hydrogen-bond acceptors (Lipinski definition) is 4. The van der Waals surface area contributed by atoms with Crippen LogP contribution in [0.3, 0.4) is 0 Å². The molecule has 1 amide bonds. The van der Waals surface area contributed by atoms with Gasteiger partial charge in [0.15, 0.2) is 5.13 Å². The molecule has 1 aromatic rings. The maximum Gasteiger partial charge on any atom is 0.229 e. The molecule has 0 spiro atoms. The monoisotopic (exact) mass is 267 g/mol. The number of nitrogens with two attached hydrogens (primary N) is 1. The molecule has 5 heteroatoms. The van der Waals surface area contributed by atoms with E-state index in [0.29, 0.717) is 5.92 Å². The number of amides is 1. The van der Waals surface area contributed by atoms with E-state index in [1.54, 1.807) is 11.3 Å². The van der Waals surface area contributed by atoms with Crippen molar-refractivity contribution in [2.24, 2.45) is 17.6 Å². The number of nitrogens with one attached hydrogen (secondary N) is 1. The lowest BCUT2D eigenvalue weighted by molar-refractivity contribution is -0.121. The maximum atomic E-state index is 12.1. The highest BCUT2D eigenvalue weighted by Gasteiger charge is 2.26. The first-order valence-corrected chi connectivity index (χ1v) is 7.36. The minimum atomic E-state index is 0.124. The number of anilines is 1. The molecule has 0 aliphatic heterocycles. The molecule has 1 saturated carbocycles. The fourth-order valence-corrected chi connectivity index (χ4v) is 3.21. The molecule has 100 valence electrons. The quantitative estimate of drug-likeness (QED) is 0.884. The van der Waals surface area contributed by atoms with Crippen LogP contribution in [0, 0.1) is 25.7 Å². The van der Waals surface area contributed by atoms with Gasteiger partial charge in [0.2, 0.25) is 5.91 Å². The van der Waals surface area contributed by atoms with Gasteiger partial charge in [0, 0.05) is 10.8 Å². The Balaban J connectivity index is 1.89. The Kier molecular flexibility index (Phi) is 4.35. The summed E-state index contributed by atoms with van der Waals surface area (Å²) < 4.78 is 0. The lowest BCUT2D eigenvalue weighted by Gasteiger charge is -2.26. The molecule has 0 unspecified atom stereocenters. The van der Waals surface area contributed by atoms with Crippen LogP contribution >= 0.6 is 11.3 Å². The third-order valence-electron chi connectivity index (χ3n) is 3.81. The van der Waals surface area contributed by atoms with Gasteiger partial charge >= 0.3 is 0 Å². The largest absolute Gasteiger partial charge is 0.330 e. The van der Waals surface area contributed by atoms with Crippen molar-refractivity contribution in [1.29, 1.82) is 0 Å². The number of aryl methyl sites for hydroxylation is 2. The lowest BCUT2D eigenvalue weighted by Crippen LogP contribution is -2.29. The average molecular weight is 267 g/mol. The Morgan fingerprint density at radius 3 is 2.56 bits per heavy atom. The van der Waals surface area contributed by atoms with E-state index in [1.807, 2.05) is 13.8 Å². The van der Waals surface area contributed by atoms with E-state index in [0.717, 1.165) is 47.9 Å². The molecule has 1 aliphatic carbocycles. The van der Waals surface area contributed by atoms with Gasteiger partial charge in [-0.2, -0.15) is 0 Å². The van der Waals surface area contributed by atoms with Gasteiger partial charge in [-0.25, -0.2) is 4.98 Å². The van der Waals surface area contributed by atoms with Gasteiger partial charge < -0.3 is 11.1 Å².